The predicted octanol–water partition coefficient (Wildman–Crippen LogP) is 1.80. The summed E-state index contributed by atoms with van der Waals surface area (Å²) in [6.07, 6.45) is 7.05. The minimum absolute atomic E-state index is 0.0151. The van der Waals surface area contributed by atoms with Crippen molar-refractivity contribution in [2.75, 3.05) is 31.9 Å². The lowest BCUT2D eigenvalue weighted by Gasteiger charge is -2.31. The molecule has 0 radical (unpaired) electrons. The summed E-state index contributed by atoms with van der Waals surface area (Å²) in [6, 6.07) is 0. The highest BCUT2D eigenvalue weighted by molar-refractivity contribution is 7.99. The Morgan fingerprint density at radius 2 is 2.12 bits per heavy atom. The van der Waals surface area contributed by atoms with Crippen LogP contribution < -0.4 is 16.6 Å². The molecule has 0 saturated carbocycles. The summed E-state index contributed by atoms with van der Waals surface area (Å²) in [5.74, 6) is 1.19. The second kappa shape index (κ2) is 10.8. The van der Waals surface area contributed by atoms with Crippen LogP contribution in [0.25, 0.3) is 10.2 Å². The molecule has 1 aliphatic carbocycles. The number of hydrogen-bond donors (Lipinski definition) is 3. The van der Waals surface area contributed by atoms with E-state index in [0.717, 1.165) is 68.4 Å². The van der Waals surface area contributed by atoms with Gasteiger partial charge in [0.25, 0.3) is 5.56 Å². The summed E-state index contributed by atoms with van der Waals surface area (Å²) < 4.78 is 0. The highest BCUT2D eigenvalue weighted by Crippen LogP contribution is 2.33. The maximum absolute atomic E-state index is 12.6. The minimum Gasteiger partial charge on any atom is -0.369 e. The van der Waals surface area contributed by atoms with Gasteiger partial charge in [-0.3, -0.25) is 14.4 Å². The average molecular weight is 478 g/mol. The third-order valence-corrected chi connectivity index (χ3v) is 8.36. The van der Waals surface area contributed by atoms with Crippen molar-refractivity contribution in [3.8, 4) is 0 Å². The van der Waals surface area contributed by atoms with Crippen LogP contribution in [-0.2, 0) is 28.2 Å². The van der Waals surface area contributed by atoms with Gasteiger partial charge in [0, 0.05) is 18.0 Å². The van der Waals surface area contributed by atoms with Crippen molar-refractivity contribution in [2.24, 2.45) is 11.7 Å². The van der Waals surface area contributed by atoms with Crippen molar-refractivity contribution in [3.63, 3.8) is 0 Å². The molecule has 1 fully saturated rings. The number of aromatic nitrogens is 2. The fraction of sp³-hybridized carbons (Fsp3) is 0.636. The summed E-state index contributed by atoms with van der Waals surface area (Å²) in [7, 11) is 0. The number of thiophene rings is 1. The van der Waals surface area contributed by atoms with Crippen LogP contribution in [0.2, 0.25) is 0 Å². The lowest BCUT2D eigenvalue weighted by Crippen LogP contribution is -2.42. The number of carbonyl (C=O) groups is 2. The Balaban J connectivity index is 1.18. The molecule has 1 unspecified atom stereocenters. The van der Waals surface area contributed by atoms with Gasteiger partial charge in [-0.05, 0) is 63.6 Å². The Kier molecular flexibility index (Phi) is 7.85. The third-order valence-electron chi connectivity index (χ3n) is 6.23. The second-order valence-electron chi connectivity index (χ2n) is 8.64. The van der Waals surface area contributed by atoms with E-state index in [4.69, 9.17) is 5.73 Å². The Morgan fingerprint density at radius 3 is 2.97 bits per heavy atom. The maximum Gasteiger partial charge on any atom is 0.259 e. The number of carbonyl (C=O) groups excluding carboxylic acids is 2. The Morgan fingerprint density at radius 1 is 1.28 bits per heavy atom. The van der Waals surface area contributed by atoms with Gasteiger partial charge in [-0.25, -0.2) is 4.98 Å². The number of hydrogen-bond acceptors (Lipinski definition) is 7. The van der Waals surface area contributed by atoms with Gasteiger partial charge in [-0.1, -0.05) is 0 Å². The van der Waals surface area contributed by atoms with E-state index in [1.54, 1.807) is 11.3 Å². The van der Waals surface area contributed by atoms with Gasteiger partial charge >= 0.3 is 0 Å². The lowest BCUT2D eigenvalue weighted by atomic mass is 9.97. The van der Waals surface area contributed by atoms with E-state index in [9.17, 15) is 14.4 Å². The van der Waals surface area contributed by atoms with Crippen LogP contribution in [0.15, 0.2) is 4.79 Å². The van der Waals surface area contributed by atoms with Crippen LogP contribution in [0.3, 0.4) is 0 Å². The maximum atomic E-state index is 12.6. The zero-order valence-electron chi connectivity index (χ0n) is 18.3. The second-order valence-corrected chi connectivity index (χ2v) is 10.7. The van der Waals surface area contributed by atoms with Gasteiger partial charge in [-0.2, -0.15) is 0 Å². The average Bonchev–Trinajstić information content (AvgIpc) is 3.16. The number of aromatic amines is 1. The normalized spacial score (nSPS) is 19.1. The molecule has 2 aromatic heterocycles. The monoisotopic (exact) mass is 477 g/mol. The topological polar surface area (TPSA) is 121 Å². The lowest BCUT2D eigenvalue weighted by molar-refractivity contribution is -0.123. The van der Waals surface area contributed by atoms with Crippen molar-refractivity contribution in [3.05, 3.63) is 26.6 Å². The van der Waals surface area contributed by atoms with E-state index >= 15 is 0 Å². The molecule has 1 atom stereocenters. The Hall–Kier alpha value is -1.91. The molecule has 4 rings (SSSR count). The van der Waals surface area contributed by atoms with Crippen molar-refractivity contribution in [1.82, 2.24) is 20.2 Å². The molecule has 174 valence electrons. The zero-order chi connectivity index (χ0) is 22.5. The first-order valence-electron chi connectivity index (χ1n) is 11.4. The van der Waals surface area contributed by atoms with Gasteiger partial charge in [-0.15, -0.1) is 23.1 Å². The number of amides is 2. The van der Waals surface area contributed by atoms with E-state index in [2.05, 4.69) is 20.2 Å². The molecule has 0 spiro atoms. The number of H-pyrrole nitrogens is 1. The van der Waals surface area contributed by atoms with Gasteiger partial charge < -0.3 is 20.9 Å². The van der Waals surface area contributed by atoms with Crippen LogP contribution >= 0.6 is 23.1 Å². The molecule has 4 N–H and O–H groups in total. The standard InChI is InChI=1S/C22H31N5O3S2/c23-20(29)14-5-3-9-27(11-14)10-4-8-24-18(28)13-31-12-17-25-21(30)19-15-6-1-2-7-16(15)32-22(19)26-17/h14H,1-13H2,(H2,23,29)(H,24,28)(H,25,26,30). The van der Waals surface area contributed by atoms with E-state index in [1.165, 1.54) is 28.6 Å². The van der Waals surface area contributed by atoms with Crippen molar-refractivity contribution >= 4 is 45.1 Å². The summed E-state index contributed by atoms with van der Waals surface area (Å²) in [6.45, 7) is 3.17. The molecule has 0 aromatic carbocycles. The predicted molar refractivity (Wildman–Crippen MR) is 129 cm³/mol. The fourth-order valence-electron chi connectivity index (χ4n) is 4.59. The van der Waals surface area contributed by atoms with Crippen molar-refractivity contribution < 1.29 is 9.59 Å². The molecule has 2 aliphatic rings. The zero-order valence-corrected chi connectivity index (χ0v) is 19.9. The highest BCUT2D eigenvalue weighted by atomic mass is 32.2. The smallest absolute Gasteiger partial charge is 0.259 e. The number of piperidine rings is 1. The molecule has 10 heteroatoms. The third kappa shape index (κ3) is 5.71. The Bertz CT molecular complexity index is 1030. The molecule has 0 bridgehead atoms. The first-order valence-corrected chi connectivity index (χ1v) is 13.4. The molecule has 2 aromatic rings. The number of thioether (sulfide) groups is 1. The summed E-state index contributed by atoms with van der Waals surface area (Å²) in [4.78, 5) is 48.0. The summed E-state index contributed by atoms with van der Waals surface area (Å²) in [5.41, 5.74) is 6.57. The molecule has 8 nitrogen and oxygen atoms in total. The molecule has 2 amide bonds. The molecular formula is C22H31N5O3S2. The van der Waals surface area contributed by atoms with E-state index in [-0.39, 0.29) is 23.3 Å². The van der Waals surface area contributed by atoms with E-state index in [0.29, 0.717) is 23.9 Å². The summed E-state index contributed by atoms with van der Waals surface area (Å²) >= 11 is 3.10. The van der Waals surface area contributed by atoms with Crippen LogP contribution in [-0.4, -0.2) is 58.6 Å². The number of nitrogens with two attached hydrogens (primary N) is 1. The number of fused-ring (bicyclic) bond motifs is 3. The van der Waals surface area contributed by atoms with Crippen LogP contribution in [0.4, 0.5) is 0 Å². The number of nitrogens with one attached hydrogen (secondary N) is 2. The van der Waals surface area contributed by atoms with Gasteiger partial charge in [0.05, 0.1) is 22.8 Å². The quantitative estimate of drug-likeness (QED) is 0.474. The first kappa shape index (κ1) is 23.3. The molecule has 1 saturated heterocycles. The van der Waals surface area contributed by atoms with Crippen molar-refractivity contribution in [2.45, 2.75) is 50.7 Å². The Labute approximate surface area is 195 Å². The number of rotatable bonds is 9. The molecule has 32 heavy (non-hydrogen) atoms. The van der Waals surface area contributed by atoms with Crippen LogP contribution in [0.5, 0.6) is 0 Å². The van der Waals surface area contributed by atoms with Crippen LogP contribution in [0.1, 0.15) is 48.4 Å². The SMILES string of the molecule is NC(=O)C1CCCN(CCCNC(=O)CSCc2nc3sc4c(c3c(=O)[nH]2)CCCC4)C1. The van der Waals surface area contributed by atoms with Crippen LogP contribution in [0, 0.1) is 5.92 Å². The molecule has 1 aliphatic heterocycles. The van der Waals surface area contributed by atoms with Gasteiger partial charge in [0.15, 0.2) is 0 Å². The first-order chi connectivity index (χ1) is 15.5. The number of nitrogens with zero attached hydrogens (tertiary/aromatic N) is 2. The summed E-state index contributed by atoms with van der Waals surface area (Å²) in [5, 5.41) is 3.72. The largest absolute Gasteiger partial charge is 0.369 e. The van der Waals surface area contributed by atoms with Gasteiger partial charge in [0.1, 0.15) is 10.7 Å². The molecule has 3 heterocycles. The van der Waals surface area contributed by atoms with E-state index < -0.39 is 0 Å². The van der Waals surface area contributed by atoms with Gasteiger partial charge in [0.2, 0.25) is 11.8 Å². The van der Waals surface area contributed by atoms with Crippen molar-refractivity contribution in [1.29, 1.82) is 0 Å². The number of likely N-dealkylation sites (tertiary alicyclic amines) is 1. The number of primary amides is 1. The minimum atomic E-state index is -0.214. The molecular weight excluding hydrogens is 446 g/mol. The number of aryl methyl sites for hydroxylation is 2. The highest BCUT2D eigenvalue weighted by Gasteiger charge is 2.23. The fourth-order valence-corrected chi connectivity index (χ4v) is 6.59. The van der Waals surface area contributed by atoms with E-state index in [1.807, 2.05) is 0 Å².